The van der Waals surface area contributed by atoms with Gasteiger partial charge in [-0.15, -0.1) is 30.6 Å². The molecule has 0 saturated carbocycles. The number of hydrogen-bond donors (Lipinski definition) is 1. The third-order valence-corrected chi connectivity index (χ3v) is 3.45. The number of unbranched alkanes of at least 4 members (excludes halogenated alkanes) is 1. The first kappa shape index (κ1) is 21.0. The molecular formula is C17H30IN3O. The van der Waals surface area contributed by atoms with E-state index in [1.165, 1.54) is 0 Å². The van der Waals surface area contributed by atoms with Crippen LogP contribution in [0.3, 0.4) is 0 Å². The van der Waals surface area contributed by atoms with Crippen molar-refractivity contribution in [2.75, 3.05) is 20.1 Å². The summed E-state index contributed by atoms with van der Waals surface area (Å²) in [7, 11) is 2.09. The van der Waals surface area contributed by atoms with E-state index in [0.717, 1.165) is 50.5 Å². The quantitative estimate of drug-likeness (QED) is 0.216. The molecule has 0 aliphatic carbocycles. The third kappa shape index (κ3) is 8.46. The smallest absolute Gasteiger partial charge is 0.193 e. The summed E-state index contributed by atoms with van der Waals surface area (Å²) in [5, 5.41) is 3.49. The molecule has 1 unspecified atom stereocenters. The van der Waals surface area contributed by atoms with Gasteiger partial charge in [0.2, 0.25) is 0 Å². The van der Waals surface area contributed by atoms with Gasteiger partial charge in [-0.1, -0.05) is 13.0 Å². The zero-order valence-electron chi connectivity index (χ0n) is 14.0. The molecule has 4 nitrogen and oxygen atoms in total. The fraction of sp³-hybridized carbons (Fsp3) is 0.588. The third-order valence-electron chi connectivity index (χ3n) is 3.45. The highest BCUT2D eigenvalue weighted by molar-refractivity contribution is 14.0. The first-order chi connectivity index (χ1) is 10.2. The number of nitrogens with one attached hydrogen (secondary N) is 1. The molecule has 0 radical (unpaired) electrons. The Morgan fingerprint density at radius 3 is 2.91 bits per heavy atom. The molecule has 1 rings (SSSR count). The maximum Gasteiger partial charge on any atom is 0.193 e. The molecule has 0 spiro atoms. The highest BCUT2D eigenvalue weighted by Gasteiger charge is 2.08. The lowest BCUT2D eigenvalue weighted by molar-refractivity contribution is 0.453. The van der Waals surface area contributed by atoms with Crippen molar-refractivity contribution in [1.82, 2.24) is 10.2 Å². The van der Waals surface area contributed by atoms with Gasteiger partial charge in [0.05, 0.1) is 6.26 Å². The summed E-state index contributed by atoms with van der Waals surface area (Å²) >= 11 is 0. The summed E-state index contributed by atoms with van der Waals surface area (Å²) in [4.78, 5) is 6.90. The molecular weight excluding hydrogens is 389 g/mol. The largest absolute Gasteiger partial charge is 0.469 e. The van der Waals surface area contributed by atoms with Crippen LogP contribution in [0.4, 0.5) is 0 Å². The summed E-state index contributed by atoms with van der Waals surface area (Å²) in [6.45, 7) is 9.84. The van der Waals surface area contributed by atoms with Gasteiger partial charge in [-0.25, -0.2) is 0 Å². The van der Waals surface area contributed by atoms with E-state index in [1.807, 2.05) is 18.2 Å². The number of guanidine groups is 1. The number of aliphatic imine (C=N–C) groups is 1. The zero-order chi connectivity index (χ0) is 15.5. The Balaban J connectivity index is 0.00000441. The molecule has 126 valence electrons. The van der Waals surface area contributed by atoms with E-state index in [9.17, 15) is 0 Å². The summed E-state index contributed by atoms with van der Waals surface area (Å²) < 4.78 is 5.34. The predicted molar refractivity (Wildman–Crippen MR) is 105 cm³/mol. The van der Waals surface area contributed by atoms with Gasteiger partial charge in [-0.05, 0) is 38.3 Å². The van der Waals surface area contributed by atoms with Crippen LogP contribution < -0.4 is 5.32 Å². The molecule has 0 saturated heterocycles. The van der Waals surface area contributed by atoms with Crippen LogP contribution in [-0.2, 0) is 6.42 Å². The van der Waals surface area contributed by atoms with Crippen LogP contribution in [0.2, 0.25) is 0 Å². The van der Waals surface area contributed by atoms with Crippen molar-refractivity contribution >= 4 is 29.9 Å². The summed E-state index contributed by atoms with van der Waals surface area (Å²) in [5.41, 5.74) is 0. The normalized spacial score (nSPS) is 12.4. The Labute approximate surface area is 152 Å². The SMILES string of the molecule is C=CCCCN(C)C(=NCCc1ccco1)NC(C)CC.I. The maximum absolute atomic E-state index is 5.34. The van der Waals surface area contributed by atoms with E-state index in [-0.39, 0.29) is 24.0 Å². The Morgan fingerprint density at radius 1 is 1.55 bits per heavy atom. The number of rotatable bonds is 9. The Morgan fingerprint density at radius 2 is 2.32 bits per heavy atom. The van der Waals surface area contributed by atoms with Gasteiger partial charge < -0.3 is 14.6 Å². The van der Waals surface area contributed by atoms with E-state index < -0.39 is 0 Å². The van der Waals surface area contributed by atoms with Crippen LogP contribution in [0.15, 0.2) is 40.5 Å². The second-order valence-corrected chi connectivity index (χ2v) is 5.34. The fourth-order valence-corrected chi connectivity index (χ4v) is 1.90. The minimum absolute atomic E-state index is 0. The molecule has 0 aliphatic heterocycles. The monoisotopic (exact) mass is 419 g/mol. The van der Waals surface area contributed by atoms with Crippen LogP contribution in [-0.4, -0.2) is 37.0 Å². The van der Waals surface area contributed by atoms with Crippen LogP contribution in [0.1, 0.15) is 38.9 Å². The molecule has 0 bridgehead atoms. The molecule has 1 heterocycles. The number of nitrogens with zero attached hydrogens (tertiary/aromatic N) is 2. The lowest BCUT2D eigenvalue weighted by Gasteiger charge is -2.25. The predicted octanol–water partition coefficient (Wildman–Crippen LogP) is 4.08. The van der Waals surface area contributed by atoms with E-state index >= 15 is 0 Å². The van der Waals surface area contributed by atoms with E-state index in [1.54, 1.807) is 6.26 Å². The number of hydrogen-bond acceptors (Lipinski definition) is 2. The second-order valence-electron chi connectivity index (χ2n) is 5.34. The van der Waals surface area contributed by atoms with E-state index in [2.05, 4.69) is 37.7 Å². The summed E-state index contributed by atoms with van der Waals surface area (Å²) in [6.07, 6.45) is 7.71. The van der Waals surface area contributed by atoms with Gasteiger partial charge >= 0.3 is 0 Å². The molecule has 22 heavy (non-hydrogen) atoms. The molecule has 0 aliphatic rings. The van der Waals surface area contributed by atoms with Crippen LogP contribution in [0, 0.1) is 0 Å². The van der Waals surface area contributed by atoms with E-state index in [4.69, 9.17) is 9.41 Å². The van der Waals surface area contributed by atoms with Gasteiger partial charge in [-0.3, -0.25) is 4.99 Å². The minimum atomic E-state index is 0. The van der Waals surface area contributed by atoms with Crippen molar-refractivity contribution in [2.45, 2.75) is 45.6 Å². The van der Waals surface area contributed by atoms with Crippen LogP contribution >= 0.6 is 24.0 Å². The average Bonchev–Trinajstić information content (AvgIpc) is 2.99. The molecule has 0 aromatic carbocycles. The first-order valence-electron chi connectivity index (χ1n) is 7.82. The van der Waals surface area contributed by atoms with Gasteiger partial charge in [0.15, 0.2) is 5.96 Å². The van der Waals surface area contributed by atoms with Crippen molar-refractivity contribution in [3.63, 3.8) is 0 Å². The molecule has 1 aromatic heterocycles. The van der Waals surface area contributed by atoms with Crippen LogP contribution in [0.25, 0.3) is 0 Å². The van der Waals surface area contributed by atoms with Crippen molar-refractivity contribution in [3.05, 3.63) is 36.8 Å². The van der Waals surface area contributed by atoms with Gasteiger partial charge in [0, 0.05) is 32.6 Å². The van der Waals surface area contributed by atoms with Gasteiger partial charge in [-0.2, -0.15) is 0 Å². The Kier molecular flexibility index (Phi) is 12.0. The first-order valence-corrected chi connectivity index (χ1v) is 7.82. The molecule has 1 N–H and O–H groups in total. The number of halogens is 1. The highest BCUT2D eigenvalue weighted by atomic mass is 127. The van der Waals surface area contributed by atoms with Gasteiger partial charge in [0.1, 0.15) is 5.76 Å². The standard InChI is InChI=1S/C17H29N3O.HI/c1-5-7-8-13-20(4)17(19-15(3)6-2)18-12-11-16-10-9-14-21-16;/h5,9-10,14-15H,1,6-8,11-13H2,2-4H3,(H,18,19);1H. The second kappa shape index (κ2) is 12.6. The molecule has 0 amide bonds. The minimum Gasteiger partial charge on any atom is -0.469 e. The summed E-state index contributed by atoms with van der Waals surface area (Å²) in [5.74, 6) is 1.95. The molecule has 0 fully saturated rings. The van der Waals surface area contributed by atoms with Gasteiger partial charge in [0.25, 0.3) is 0 Å². The lowest BCUT2D eigenvalue weighted by Crippen LogP contribution is -2.43. The number of allylic oxidation sites excluding steroid dienone is 1. The van der Waals surface area contributed by atoms with Crippen molar-refractivity contribution in [3.8, 4) is 0 Å². The van der Waals surface area contributed by atoms with E-state index in [0.29, 0.717) is 6.04 Å². The Bertz CT molecular complexity index is 418. The van der Waals surface area contributed by atoms with Crippen LogP contribution in [0.5, 0.6) is 0 Å². The Hall–Kier alpha value is -0.980. The molecule has 1 atom stereocenters. The zero-order valence-corrected chi connectivity index (χ0v) is 16.4. The highest BCUT2D eigenvalue weighted by Crippen LogP contribution is 2.02. The lowest BCUT2D eigenvalue weighted by atomic mass is 10.2. The topological polar surface area (TPSA) is 40.8 Å². The van der Waals surface area contributed by atoms with Crippen molar-refractivity contribution in [1.29, 1.82) is 0 Å². The fourth-order valence-electron chi connectivity index (χ4n) is 1.90. The summed E-state index contributed by atoms with van der Waals surface area (Å²) in [6, 6.07) is 4.33. The average molecular weight is 419 g/mol. The molecule has 5 heteroatoms. The number of furan rings is 1. The maximum atomic E-state index is 5.34. The van der Waals surface area contributed by atoms with Crippen molar-refractivity contribution < 1.29 is 4.42 Å². The van der Waals surface area contributed by atoms with Crippen molar-refractivity contribution in [2.24, 2.45) is 4.99 Å². The molecule has 1 aromatic rings.